The maximum atomic E-state index is 10.8. The van der Waals surface area contributed by atoms with E-state index >= 15 is 0 Å². The minimum atomic E-state index is -1.08. The van der Waals surface area contributed by atoms with Gasteiger partial charge in [-0.1, -0.05) is 19.6 Å². The Kier molecular flexibility index (Phi) is 6.27. The van der Waals surface area contributed by atoms with E-state index in [4.69, 9.17) is 9.84 Å². The van der Waals surface area contributed by atoms with Gasteiger partial charge in [-0.2, -0.15) is 5.10 Å². The molecule has 0 aromatic carbocycles. The lowest BCUT2D eigenvalue weighted by molar-refractivity contribution is 0.0754. The van der Waals surface area contributed by atoms with Crippen LogP contribution in [0.1, 0.15) is 30.9 Å². The van der Waals surface area contributed by atoms with Crippen LogP contribution in [0, 0.1) is 0 Å². The minimum absolute atomic E-state index is 0.0347. The van der Waals surface area contributed by atoms with Gasteiger partial charge in [0, 0.05) is 32.3 Å². The molecule has 1 fully saturated rings. The minimum Gasteiger partial charge on any atom is -0.465 e. The van der Waals surface area contributed by atoms with Gasteiger partial charge in [-0.3, -0.25) is 0 Å². The fourth-order valence-corrected chi connectivity index (χ4v) is 4.10. The van der Waals surface area contributed by atoms with Crippen LogP contribution in [0.5, 0.6) is 0 Å². The van der Waals surface area contributed by atoms with Crippen LogP contribution in [0.3, 0.4) is 0 Å². The highest BCUT2D eigenvalue weighted by atomic mass is 79.9. The van der Waals surface area contributed by atoms with Gasteiger partial charge in [0.25, 0.3) is 0 Å². The van der Waals surface area contributed by atoms with E-state index in [-0.39, 0.29) is 6.04 Å². The standard InChI is InChI=1S/C15H26BrN3O3Si/c1-23(2,3)7-6-22-10-19-13(9-14(16)18-19)11-4-5-12(8-11)17-15(20)21/h9,11-12,17H,4-8,10H2,1-3H3,(H,20,21)/t11-,12?/m0/s1. The third-order valence-electron chi connectivity index (χ3n) is 4.17. The van der Waals surface area contributed by atoms with Gasteiger partial charge in [0.1, 0.15) is 11.3 Å². The zero-order valence-electron chi connectivity index (χ0n) is 14.0. The number of hydrogen-bond donors (Lipinski definition) is 2. The first-order valence-electron chi connectivity index (χ1n) is 8.05. The van der Waals surface area contributed by atoms with Crippen molar-refractivity contribution in [2.24, 2.45) is 0 Å². The van der Waals surface area contributed by atoms with Crippen molar-refractivity contribution in [2.75, 3.05) is 6.61 Å². The van der Waals surface area contributed by atoms with Crippen LogP contribution in [0.25, 0.3) is 0 Å². The molecule has 1 unspecified atom stereocenters. The van der Waals surface area contributed by atoms with Crippen molar-refractivity contribution in [3.05, 3.63) is 16.4 Å². The number of halogens is 1. The fourth-order valence-electron chi connectivity index (χ4n) is 2.92. The summed E-state index contributed by atoms with van der Waals surface area (Å²) in [6.45, 7) is 8.22. The average molecular weight is 404 g/mol. The number of rotatable bonds is 7. The van der Waals surface area contributed by atoms with E-state index < -0.39 is 14.2 Å². The fraction of sp³-hybridized carbons (Fsp3) is 0.733. The van der Waals surface area contributed by atoms with Gasteiger partial charge in [-0.25, -0.2) is 9.48 Å². The summed E-state index contributed by atoms with van der Waals surface area (Å²) >= 11 is 3.44. The Morgan fingerprint density at radius 1 is 1.52 bits per heavy atom. The molecule has 0 radical (unpaired) electrons. The zero-order chi connectivity index (χ0) is 17.0. The monoisotopic (exact) mass is 403 g/mol. The predicted molar refractivity (Wildman–Crippen MR) is 95.6 cm³/mol. The van der Waals surface area contributed by atoms with Crippen LogP contribution in [-0.2, 0) is 11.5 Å². The molecule has 1 aliphatic carbocycles. The molecule has 2 N–H and O–H groups in total. The van der Waals surface area contributed by atoms with Crippen LogP contribution in [0.4, 0.5) is 4.79 Å². The molecule has 0 aliphatic heterocycles. The third kappa shape index (κ3) is 5.93. The van der Waals surface area contributed by atoms with Crippen molar-refractivity contribution < 1.29 is 14.6 Å². The molecule has 1 saturated carbocycles. The van der Waals surface area contributed by atoms with E-state index in [0.29, 0.717) is 12.6 Å². The number of hydrogen-bond acceptors (Lipinski definition) is 3. The molecule has 6 nitrogen and oxygen atoms in total. The van der Waals surface area contributed by atoms with Crippen molar-refractivity contribution in [3.8, 4) is 0 Å². The number of nitrogens with one attached hydrogen (secondary N) is 1. The van der Waals surface area contributed by atoms with Gasteiger partial charge < -0.3 is 15.2 Å². The van der Waals surface area contributed by atoms with E-state index in [0.717, 1.165) is 42.2 Å². The summed E-state index contributed by atoms with van der Waals surface area (Å²) in [5.41, 5.74) is 1.12. The van der Waals surface area contributed by atoms with Gasteiger partial charge in [0.2, 0.25) is 0 Å². The van der Waals surface area contributed by atoms with Crippen LogP contribution in [-0.4, -0.2) is 41.7 Å². The second kappa shape index (κ2) is 7.81. The Labute approximate surface area is 146 Å². The molecule has 2 atom stereocenters. The molecule has 1 aromatic rings. The van der Waals surface area contributed by atoms with E-state index in [1.54, 1.807) is 0 Å². The lowest BCUT2D eigenvalue weighted by atomic mass is 10.0. The van der Waals surface area contributed by atoms with Crippen LogP contribution >= 0.6 is 15.9 Å². The Bertz CT molecular complexity index is 545. The first kappa shape index (κ1) is 18.5. The van der Waals surface area contributed by atoms with Crippen molar-refractivity contribution >= 4 is 30.1 Å². The van der Waals surface area contributed by atoms with Gasteiger partial charge in [-0.15, -0.1) is 0 Å². The number of carboxylic acid groups (broad SMARTS) is 1. The van der Waals surface area contributed by atoms with Crippen LogP contribution in [0.15, 0.2) is 10.7 Å². The predicted octanol–water partition coefficient (Wildman–Crippen LogP) is 3.86. The topological polar surface area (TPSA) is 76.4 Å². The quantitative estimate of drug-likeness (QED) is 0.535. The number of aromatic nitrogens is 2. The van der Waals surface area contributed by atoms with Gasteiger partial charge in [0.05, 0.1) is 0 Å². The highest BCUT2D eigenvalue weighted by Gasteiger charge is 2.29. The number of carbonyl (C=O) groups is 1. The van der Waals surface area contributed by atoms with E-state index in [1.807, 2.05) is 10.7 Å². The highest BCUT2D eigenvalue weighted by molar-refractivity contribution is 9.10. The number of amides is 1. The Balaban J connectivity index is 1.91. The summed E-state index contributed by atoms with van der Waals surface area (Å²) in [4.78, 5) is 10.8. The SMILES string of the molecule is C[Si](C)(C)CCOCn1nc(Br)cc1[C@H]1CCC(NC(=O)O)C1. The second-order valence-electron chi connectivity index (χ2n) is 7.40. The molecule has 1 aliphatic rings. The summed E-state index contributed by atoms with van der Waals surface area (Å²) in [6.07, 6.45) is 1.72. The molecule has 130 valence electrons. The first-order valence-corrected chi connectivity index (χ1v) is 12.5. The molecule has 2 rings (SSSR count). The van der Waals surface area contributed by atoms with Gasteiger partial charge in [-0.05, 0) is 47.3 Å². The van der Waals surface area contributed by atoms with Crippen molar-refractivity contribution in [1.82, 2.24) is 15.1 Å². The van der Waals surface area contributed by atoms with Crippen LogP contribution in [0.2, 0.25) is 25.7 Å². The molecule has 23 heavy (non-hydrogen) atoms. The number of ether oxygens (including phenoxy) is 1. The molecular weight excluding hydrogens is 378 g/mol. The van der Waals surface area contributed by atoms with Crippen LogP contribution < -0.4 is 5.32 Å². The van der Waals surface area contributed by atoms with Gasteiger partial charge >= 0.3 is 6.09 Å². The van der Waals surface area contributed by atoms with E-state index in [1.165, 1.54) is 0 Å². The number of nitrogens with zero attached hydrogens (tertiary/aromatic N) is 2. The third-order valence-corrected chi connectivity index (χ3v) is 6.26. The Morgan fingerprint density at radius 2 is 2.26 bits per heavy atom. The van der Waals surface area contributed by atoms with Gasteiger partial charge in [0.15, 0.2) is 0 Å². The molecule has 1 aromatic heterocycles. The molecule has 0 bridgehead atoms. The maximum absolute atomic E-state index is 10.8. The molecule has 1 amide bonds. The van der Waals surface area contributed by atoms with Crippen molar-refractivity contribution in [2.45, 2.75) is 63.6 Å². The smallest absolute Gasteiger partial charge is 0.404 e. The summed E-state index contributed by atoms with van der Waals surface area (Å²) in [5.74, 6) is 0.325. The maximum Gasteiger partial charge on any atom is 0.404 e. The normalized spacial score (nSPS) is 21.6. The lowest BCUT2D eigenvalue weighted by Crippen LogP contribution is -2.31. The van der Waals surface area contributed by atoms with E-state index in [2.05, 4.69) is 46.0 Å². The average Bonchev–Trinajstić information content (AvgIpc) is 2.99. The molecule has 1 heterocycles. The lowest BCUT2D eigenvalue weighted by Gasteiger charge is -2.17. The van der Waals surface area contributed by atoms with E-state index in [9.17, 15) is 4.79 Å². The summed E-state index contributed by atoms with van der Waals surface area (Å²) in [5, 5.41) is 15.9. The van der Waals surface area contributed by atoms with Crippen molar-refractivity contribution in [1.29, 1.82) is 0 Å². The molecular formula is C15H26BrN3O3Si. The molecule has 8 heteroatoms. The summed E-state index contributed by atoms with van der Waals surface area (Å²) in [6, 6.07) is 3.20. The Hall–Kier alpha value is -0.863. The second-order valence-corrected chi connectivity index (χ2v) is 13.8. The molecule has 0 saturated heterocycles. The summed E-state index contributed by atoms with van der Waals surface area (Å²) < 4.78 is 8.51. The molecule has 0 spiro atoms. The largest absolute Gasteiger partial charge is 0.465 e. The Morgan fingerprint density at radius 3 is 2.91 bits per heavy atom. The zero-order valence-corrected chi connectivity index (χ0v) is 16.6. The summed E-state index contributed by atoms with van der Waals surface area (Å²) in [7, 11) is -1.08. The van der Waals surface area contributed by atoms with Crippen molar-refractivity contribution in [3.63, 3.8) is 0 Å². The first-order chi connectivity index (χ1) is 10.7. The highest BCUT2D eigenvalue weighted by Crippen LogP contribution is 2.35.